The van der Waals surface area contributed by atoms with Gasteiger partial charge in [-0.2, -0.15) is 17.0 Å². The minimum atomic E-state index is -3.52. The van der Waals surface area contributed by atoms with Crippen LogP contribution in [0.15, 0.2) is 18.2 Å². The number of carbonyl (C=O) groups excluding carboxylic acids is 1. The first-order chi connectivity index (χ1) is 13.8. The van der Waals surface area contributed by atoms with Crippen LogP contribution >= 0.6 is 0 Å². The van der Waals surface area contributed by atoms with E-state index in [0.29, 0.717) is 26.2 Å². The van der Waals surface area contributed by atoms with Gasteiger partial charge < -0.3 is 5.32 Å². The molecule has 1 aliphatic carbocycles. The Morgan fingerprint density at radius 2 is 1.66 bits per heavy atom. The minimum Gasteiger partial charge on any atom is -0.325 e. The van der Waals surface area contributed by atoms with Crippen LogP contribution in [-0.4, -0.2) is 73.6 Å². The summed E-state index contributed by atoms with van der Waals surface area (Å²) in [7, 11) is -1.86. The molecule has 0 unspecified atom stereocenters. The van der Waals surface area contributed by atoms with Crippen LogP contribution in [0.3, 0.4) is 0 Å². The van der Waals surface area contributed by atoms with E-state index >= 15 is 0 Å². The third-order valence-corrected chi connectivity index (χ3v) is 7.67. The Hall–Kier alpha value is -1.62. The van der Waals surface area contributed by atoms with E-state index in [0.717, 1.165) is 50.3 Å². The van der Waals surface area contributed by atoms with E-state index in [-0.39, 0.29) is 18.3 Å². The lowest BCUT2D eigenvalue weighted by molar-refractivity contribution is -0.117. The maximum atomic E-state index is 13.2. The SMILES string of the molecule is CN(C1CCCCC1)S(=O)(=O)N1CCN(CC(=O)Nc2cc(F)cc(F)c2)CC1. The van der Waals surface area contributed by atoms with Crippen molar-refractivity contribution in [3.05, 3.63) is 29.8 Å². The fraction of sp³-hybridized carbons (Fsp3) is 0.632. The Bertz CT molecular complexity index is 802. The number of amides is 1. The Morgan fingerprint density at radius 1 is 1.07 bits per heavy atom. The summed E-state index contributed by atoms with van der Waals surface area (Å²) in [5.74, 6) is -1.92. The zero-order valence-corrected chi connectivity index (χ0v) is 17.4. The standard InChI is InChI=1S/C19H28F2N4O3S/c1-23(18-5-3-2-4-6-18)29(27,28)25-9-7-24(8-10-25)14-19(26)22-17-12-15(20)11-16(21)13-17/h11-13,18H,2-10,14H2,1H3,(H,22,26). The van der Waals surface area contributed by atoms with Gasteiger partial charge in [-0.05, 0) is 25.0 Å². The smallest absolute Gasteiger partial charge is 0.282 e. The third kappa shape index (κ3) is 5.71. The molecule has 1 aromatic rings. The van der Waals surface area contributed by atoms with Gasteiger partial charge in [-0.25, -0.2) is 8.78 Å². The zero-order valence-electron chi connectivity index (χ0n) is 16.6. The van der Waals surface area contributed by atoms with Gasteiger partial charge in [-0.1, -0.05) is 19.3 Å². The van der Waals surface area contributed by atoms with Crippen LogP contribution in [0.1, 0.15) is 32.1 Å². The quantitative estimate of drug-likeness (QED) is 0.750. The van der Waals surface area contributed by atoms with Gasteiger partial charge in [0.1, 0.15) is 11.6 Å². The van der Waals surface area contributed by atoms with Crippen LogP contribution in [0, 0.1) is 11.6 Å². The van der Waals surface area contributed by atoms with Crippen molar-refractivity contribution in [2.45, 2.75) is 38.1 Å². The molecule has 1 amide bonds. The second kappa shape index (κ2) is 9.46. The van der Waals surface area contributed by atoms with E-state index < -0.39 is 27.8 Å². The molecule has 2 fully saturated rings. The Kier molecular flexibility index (Phi) is 7.20. The van der Waals surface area contributed by atoms with Crippen LogP contribution < -0.4 is 5.32 Å². The highest BCUT2D eigenvalue weighted by Crippen LogP contribution is 2.25. The second-order valence-electron chi connectivity index (χ2n) is 7.70. The van der Waals surface area contributed by atoms with E-state index in [1.54, 1.807) is 7.05 Å². The lowest BCUT2D eigenvalue weighted by atomic mass is 9.96. The summed E-state index contributed by atoms with van der Waals surface area (Å²) < 4.78 is 55.2. The van der Waals surface area contributed by atoms with Gasteiger partial charge in [0.25, 0.3) is 10.2 Å². The highest BCUT2D eigenvalue weighted by Gasteiger charge is 2.34. The first-order valence-corrected chi connectivity index (χ1v) is 11.4. The first kappa shape index (κ1) is 22.1. The molecule has 0 bridgehead atoms. The van der Waals surface area contributed by atoms with Crippen molar-refractivity contribution in [2.24, 2.45) is 0 Å². The largest absolute Gasteiger partial charge is 0.325 e. The molecule has 3 rings (SSSR count). The maximum absolute atomic E-state index is 13.2. The number of hydrogen-bond acceptors (Lipinski definition) is 4. The molecule has 7 nitrogen and oxygen atoms in total. The number of benzene rings is 1. The van der Waals surface area contributed by atoms with Crippen molar-refractivity contribution in [1.29, 1.82) is 0 Å². The number of anilines is 1. The van der Waals surface area contributed by atoms with Gasteiger partial charge in [-0.15, -0.1) is 0 Å². The van der Waals surface area contributed by atoms with Crippen LogP contribution in [0.4, 0.5) is 14.5 Å². The number of hydrogen-bond donors (Lipinski definition) is 1. The summed E-state index contributed by atoms with van der Waals surface area (Å²) in [4.78, 5) is 14.0. The summed E-state index contributed by atoms with van der Waals surface area (Å²) in [5, 5.41) is 2.47. The molecular weight excluding hydrogens is 402 g/mol. The van der Waals surface area contributed by atoms with Gasteiger partial charge in [-0.3, -0.25) is 9.69 Å². The van der Waals surface area contributed by atoms with E-state index in [4.69, 9.17) is 0 Å². The minimum absolute atomic E-state index is 0.0322. The Labute approximate surface area is 170 Å². The molecule has 0 aromatic heterocycles. The molecule has 162 valence electrons. The van der Waals surface area contributed by atoms with Gasteiger partial charge in [0, 0.05) is 51.0 Å². The molecule has 10 heteroatoms. The van der Waals surface area contributed by atoms with E-state index in [9.17, 15) is 22.0 Å². The van der Waals surface area contributed by atoms with E-state index in [2.05, 4.69) is 5.32 Å². The topological polar surface area (TPSA) is 73.0 Å². The number of carbonyl (C=O) groups is 1. The van der Waals surface area contributed by atoms with Crippen LogP contribution in [0.5, 0.6) is 0 Å². The summed E-state index contributed by atoms with van der Waals surface area (Å²) >= 11 is 0. The molecular formula is C19H28F2N4O3S. The van der Waals surface area contributed by atoms with Crippen molar-refractivity contribution in [3.63, 3.8) is 0 Å². The number of rotatable bonds is 6. The first-order valence-electron chi connectivity index (χ1n) is 9.97. The predicted molar refractivity (Wildman–Crippen MR) is 107 cm³/mol. The van der Waals surface area contributed by atoms with Crippen molar-refractivity contribution in [3.8, 4) is 0 Å². The molecule has 1 heterocycles. The summed E-state index contributed by atoms with van der Waals surface area (Å²) in [6, 6.07) is 2.89. The fourth-order valence-electron chi connectivity index (χ4n) is 3.96. The van der Waals surface area contributed by atoms with Crippen molar-refractivity contribution < 1.29 is 22.0 Å². The highest BCUT2D eigenvalue weighted by molar-refractivity contribution is 7.86. The summed E-state index contributed by atoms with van der Waals surface area (Å²) in [6.45, 7) is 1.48. The van der Waals surface area contributed by atoms with Gasteiger partial charge in [0.05, 0.1) is 6.54 Å². The number of halogens is 2. The molecule has 2 aliphatic rings. The predicted octanol–water partition coefficient (Wildman–Crippen LogP) is 2.03. The van der Waals surface area contributed by atoms with Crippen molar-refractivity contribution in [2.75, 3.05) is 45.1 Å². The number of piperazine rings is 1. The summed E-state index contributed by atoms with van der Waals surface area (Å²) in [5.41, 5.74) is 0.0582. The molecule has 0 spiro atoms. The maximum Gasteiger partial charge on any atom is 0.282 e. The fourth-order valence-corrected chi connectivity index (χ4v) is 5.54. The molecule has 1 saturated heterocycles. The molecule has 1 N–H and O–H groups in total. The Morgan fingerprint density at radius 3 is 2.24 bits per heavy atom. The lowest BCUT2D eigenvalue weighted by Crippen LogP contribution is -2.55. The van der Waals surface area contributed by atoms with E-state index in [1.165, 1.54) is 8.61 Å². The molecule has 1 aromatic carbocycles. The zero-order chi connectivity index (χ0) is 21.0. The molecule has 29 heavy (non-hydrogen) atoms. The molecule has 0 radical (unpaired) electrons. The normalized spacial score (nSPS) is 20.1. The van der Waals surface area contributed by atoms with Crippen LogP contribution in [0.2, 0.25) is 0 Å². The van der Waals surface area contributed by atoms with Crippen molar-refractivity contribution in [1.82, 2.24) is 13.5 Å². The van der Waals surface area contributed by atoms with Crippen LogP contribution in [-0.2, 0) is 15.0 Å². The second-order valence-corrected chi connectivity index (χ2v) is 9.69. The van der Waals surface area contributed by atoms with E-state index in [1.807, 2.05) is 4.90 Å². The van der Waals surface area contributed by atoms with Gasteiger partial charge >= 0.3 is 0 Å². The van der Waals surface area contributed by atoms with Gasteiger partial charge in [0.15, 0.2) is 0 Å². The van der Waals surface area contributed by atoms with Crippen LogP contribution in [0.25, 0.3) is 0 Å². The summed E-state index contributed by atoms with van der Waals surface area (Å²) in [6.07, 6.45) is 5.08. The lowest BCUT2D eigenvalue weighted by Gasteiger charge is -2.38. The molecule has 1 saturated carbocycles. The number of nitrogens with one attached hydrogen (secondary N) is 1. The monoisotopic (exact) mass is 430 g/mol. The van der Waals surface area contributed by atoms with Crippen molar-refractivity contribution >= 4 is 21.8 Å². The average Bonchev–Trinajstić information content (AvgIpc) is 2.67. The Balaban J connectivity index is 1.50. The van der Waals surface area contributed by atoms with Gasteiger partial charge in [0.2, 0.25) is 5.91 Å². The molecule has 1 aliphatic heterocycles. The number of nitrogens with zero attached hydrogens (tertiary/aromatic N) is 3. The highest BCUT2D eigenvalue weighted by atomic mass is 32.2. The third-order valence-electron chi connectivity index (χ3n) is 5.62. The molecule has 0 atom stereocenters. The average molecular weight is 431 g/mol.